The van der Waals surface area contributed by atoms with E-state index in [2.05, 4.69) is 15.4 Å². The summed E-state index contributed by atoms with van der Waals surface area (Å²) < 4.78 is 13.9. The van der Waals surface area contributed by atoms with E-state index in [0.717, 1.165) is 40.8 Å². The third-order valence-corrected chi connectivity index (χ3v) is 5.02. The van der Waals surface area contributed by atoms with Crippen LogP contribution in [0, 0.1) is 12.7 Å². The number of rotatable bonds is 1. The number of aryl methyl sites for hydroxylation is 1. The lowest BCUT2D eigenvalue weighted by Crippen LogP contribution is -2.28. The quantitative estimate of drug-likeness (QED) is 0.620. The second-order valence-corrected chi connectivity index (χ2v) is 6.65. The van der Waals surface area contributed by atoms with Crippen molar-refractivity contribution in [3.8, 4) is 11.1 Å². The Kier molecular flexibility index (Phi) is 3.58. The molecule has 0 radical (unpaired) electrons. The molecule has 25 heavy (non-hydrogen) atoms. The first kappa shape index (κ1) is 15.8. The molecule has 2 N–H and O–H groups in total. The van der Waals surface area contributed by atoms with E-state index in [1.165, 1.54) is 12.1 Å². The van der Waals surface area contributed by atoms with Gasteiger partial charge in [0.05, 0.1) is 5.69 Å². The Balaban J connectivity index is 2.03. The van der Waals surface area contributed by atoms with Crippen LogP contribution in [0.4, 0.5) is 10.1 Å². The fourth-order valence-corrected chi connectivity index (χ4v) is 3.74. The van der Waals surface area contributed by atoms with Gasteiger partial charge < -0.3 is 15.4 Å². The van der Waals surface area contributed by atoms with E-state index in [9.17, 15) is 14.4 Å². The van der Waals surface area contributed by atoms with Gasteiger partial charge in [-0.25, -0.2) is 4.39 Å². The number of nitrogens with zero attached hydrogens (tertiary/aromatic N) is 2. The van der Waals surface area contributed by atoms with Crippen molar-refractivity contribution in [3.63, 3.8) is 0 Å². The Morgan fingerprint density at radius 1 is 1.20 bits per heavy atom. The summed E-state index contributed by atoms with van der Waals surface area (Å²) in [4.78, 5) is 14.3. The Morgan fingerprint density at radius 2 is 2.00 bits per heavy atom. The van der Waals surface area contributed by atoms with Crippen LogP contribution in [-0.4, -0.2) is 35.3 Å². The number of likely N-dealkylation sites (N-methyl/N-ethyl adjacent to an activating group) is 1. The number of anilines is 1. The first-order valence-corrected chi connectivity index (χ1v) is 8.17. The van der Waals surface area contributed by atoms with Gasteiger partial charge in [0, 0.05) is 18.7 Å². The number of nitrogens with one attached hydrogen (secondary N) is 1. The summed E-state index contributed by atoms with van der Waals surface area (Å²) in [7, 11) is 2.02. The molecule has 2 aliphatic heterocycles. The third-order valence-electron chi connectivity index (χ3n) is 5.02. The predicted molar refractivity (Wildman–Crippen MR) is 93.6 cm³/mol. The second-order valence-electron chi connectivity index (χ2n) is 6.65. The van der Waals surface area contributed by atoms with Crippen molar-refractivity contribution in [2.24, 2.45) is 5.16 Å². The molecule has 128 valence electrons. The van der Waals surface area contributed by atoms with Crippen molar-refractivity contribution in [1.29, 1.82) is 0 Å². The number of oxime groups is 1. The zero-order valence-corrected chi connectivity index (χ0v) is 14.1. The van der Waals surface area contributed by atoms with Gasteiger partial charge >= 0.3 is 0 Å². The molecule has 6 heteroatoms. The number of benzene rings is 2. The van der Waals surface area contributed by atoms with Crippen LogP contribution in [0.15, 0.2) is 29.4 Å². The molecule has 0 fully saturated rings. The van der Waals surface area contributed by atoms with Gasteiger partial charge in [-0.15, -0.1) is 0 Å². The molecule has 0 aliphatic carbocycles. The van der Waals surface area contributed by atoms with Gasteiger partial charge in [-0.1, -0.05) is 11.2 Å². The maximum atomic E-state index is 13.9. The molecule has 2 heterocycles. The molecule has 2 aliphatic rings. The predicted octanol–water partition coefficient (Wildman–Crippen LogP) is 2.92. The minimum atomic E-state index is -0.416. The van der Waals surface area contributed by atoms with E-state index in [1.807, 2.05) is 20.0 Å². The number of hydrogen-bond acceptors (Lipinski definition) is 4. The van der Waals surface area contributed by atoms with Crippen molar-refractivity contribution >= 4 is 17.3 Å². The van der Waals surface area contributed by atoms with E-state index < -0.39 is 5.91 Å². The molecule has 0 saturated carbocycles. The van der Waals surface area contributed by atoms with E-state index in [0.29, 0.717) is 17.8 Å². The summed E-state index contributed by atoms with van der Waals surface area (Å²) in [5.41, 5.74) is 6.07. The highest BCUT2D eigenvalue weighted by molar-refractivity contribution is 6.54. The number of carbonyl (C=O) groups excluding carboxylic acids is 1. The Bertz CT molecular complexity index is 937. The van der Waals surface area contributed by atoms with Gasteiger partial charge in [-0.3, -0.25) is 4.79 Å². The number of carbonyl (C=O) groups is 1. The highest BCUT2D eigenvalue weighted by Crippen LogP contribution is 2.40. The Labute approximate surface area is 144 Å². The van der Waals surface area contributed by atoms with Crippen molar-refractivity contribution in [3.05, 3.63) is 52.3 Å². The van der Waals surface area contributed by atoms with E-state index in [-0.39, 0.29) is 11.5 Å². The second kappa shape index (κ2) is 5.67. The lowest BCUT2D eigenvalue weighted by atomic mass is 9.86. The first-order valence-electron chi connectivity index (χ1n) is 8.17. The van der Waals surface area contributed by atoms with Crippen LogP contribution in [-0.2, 0) is 17.8 Å². The van der Waals surface area contributed by atoms with Crippen LogP contribution in [0.2, 0.25) is 0 Å². The van der Waals surface area contributed by atoms with Gasteiger partial charge in [0.1, 0.15) is 5.82 Å². The molecule has 0 aromatic heterocycles. The van der Waals surface area contributed by atoms with Crippen LogP contribution < -0.4 is 5.32 Å². The highest BCUT2D eigenvalue weighted by atomic mass is 19.1. The summed E-state index contributed by atoms with van der Waals surface area (Å²) in [5.74, 6) is -0.714. The number of halogens is 1. The third kappa shape index (κ3) is 2.41. The van der Waals surface area contributed by atoms with Gasteiger partial charge in [0.25, 0.3) is 5.91 Å². The topological polar surface area (TPSA) is 64.9 Å². The molecule has 0 saturated heterocycles. The normalized spacial score (nSPS) is 18.2. The van der Waals surface area contributed by atoms with Gasteiger partial charge in [-0.2, -0.15) is 0 Å². The first-order chi connectivity index (χ1) is 12.0. The van der Waals surface area contributed by atoms with Gasteiger partial charge in [0.2, 0.25) is 0 Å². The molecule has 0 bridgehead atoms. The number of hydrogen-bond donors (Lipinski definition) is 2. The fourth-order valence-electron chi connectivity index (χ4n) is 3.74. The maximum Gasteiger partial charge on any atom is 0.278 e. The fraction of sp³-hybridized carbons (Fsp3) is 0.263. The van der Waals surface area contributed by atoms with Crippen molar-refractivity contribution in [2.75, 3.05) is 18.9 Å². The lowest BCUT2D eigenvalue weighted by Gasteiger charge is -2.29. The molecule has 2 aromatic carbocycles. The highest BCUT2D eigenvalue weighted by Gasteiger charge is 2.33. The number of fused-ring (bicyclic) bond motifs is 3. The summed E-state index contributed by atoms with van der Waals surface area (Å²) in [6.45, 7) is 3.51. The number of amides is 1. The SMILES string of the molecule is Cc1ccc(F)cc1-c1cc2c(c3c1CCN(C)C3)NC(=O)/C2=N/O. The smallest absolute Gasteiger partial charge is 0.278 e. The zero-order valence-electron chi connectivity index (χ0n) is 14.1. The van der Waals surface area contributed by atoms with Crippen molar-refractivity contribution in [2.45, 2.75) is 19.9 Å². The van der Waals surface area contributed by atoms with Crippen LogP contribution >= 0.6 is 0 Å². The summed E-state index contributed by atoms with van der Waals surface area (Å²) in [5, 5.41) is 15.2. The maximum absolute atomic E-state index is 13.9. The zero-order chi connectivity index (χ0) is 17.7. The molecular weight excluding hydrogens is 321 g/mol. The molecule has 2 aromatic rings. The van der Waals surface area contributed by atoms with Crippen LogP contribution in [0.25, 0.3) is 11.1 Å². The standard InChI is InChI=1S/C19H18FN3O2/c1-10-3-4-11(20)7-13(10)14-8-15-17(21-19(24)18(15)22-25)16-9-23(2)6-5-12(14)16/h3-4,7-8,25H,5-6,9H2,1-2H3,(H,21,22,24). The average Bonchev–Trinajstić information content (AvgIpc) is 2.91. The van der Waals surface area contributed by atoms with Crippen molar-refractivity contribution < 1.29 is 14.4 Å². The molecule has 5 nitrogen and oxygen atoms in total. The monoisotopic (exact) mass is 339 g/mol. The molecule has 0 spiro atoms. The Morgan fingerprint density at radius 3 is 2.76 bits per heavy atom. The minimum Gasteiger partial charge on any atom is -0.410 e. The molecule has 1 amide bonds. The van der Waals surface area contributed by atoms with Gasteiger partial charge in [-0.05, 0) is 66.4 Å². The molecule has 0 unspecified atom stereocenters. The molecule has 0 atom stereocenters. The molecular formula is C19H18FN3O2. The Hall–Kier alpha value is -2.73. The van der Waals surface area contributed by atoms with E-state index in [1.54, 1.807) is 6.07 Å². The van der Waals surface area contributed by atoms with Crippen LogP contribution in [0.1, 0.15) is 22.3 Å². The summed E-state index contributed by atoms with van der Waals surface area (Å²) >= 11 is 0. The van der Waals surface area contributed by atoms with Crippen molar-refractivity contribution in [1.82, 2.24) is 4.90 Å². The van der Waals surface area contributed by atoms with E-state index >= 15 is 0 Å². The largest absolute Gasteiger partial charge is 0.410 e. The minimum absolute atomic E-state index is 0.00123. The lowest BCUT2D eigenvalue weighted by molar-refractivity contribution is -0.110. The summed E-state index contributed by atoms with van der Waals surface area (Å²) in [6.07, 6.45) is 0.811. The summed E-state index contributed by atoms with van der Waals surface area (Å²) in [6, 6.07) is 6.56. The van der Waals surface area contributed by atoms with Crippen LogP contribution in [0.5, 0.6) is 0 Å². The van der Waals surface area contributed by atoms with E-state index in [4.69, 9.17) is 0 Å². The average molecular weight is 339 g/mol. The van der Waals surface area contributed by atoms with Crippen LogP contribution in [0.3, 0.4) is 0 Å². The molecule has 4 rings (SSSR count). The van der Waals surface area contributed by atoms with Gasteiger partial charge in [0.15, 0.2) is 5.71 Å².